The van der Waals surface area contributed by atoms with Crippen LogP contribution in [0, 0.1) is 5.92 Å². The van der Waals surface area contributed by atoms with Gasteiger partial charge in [-0.05, 0) is 31.9 Å². The van der Waals surface area contributed by atoms with E-state index in [0.29, 0.717) is 23.6 Å². The SMILES string of the molecule is CCOC1CC(CC(=O)CSC)C1. The van der Waals surface area contributed by atoms with Gasteiger partial charge in [0.2, 0.25) is 0 Å². The molecule has 0 aromatic heterocycles. The smallest absolute Gasteiger partial charge is 0.143 e. The minimum atomic E-state index is 0.396. The highest BCUT2D eigenvalue weighted by molar-refractivity contribution is 7.99. The Balaban J connectivity index is 2.04. The number of rotatable bonds is 6. The molecule has 0 aliphatic heterocycles. The van der Waals surface area contributed by atoms with Gasteiger partial charge in [-0.2, -0.15) is 11.8 Å². The molecular formula is C10H18O2S. The molecule has 0 unspecified atom stereocenters. The van der Waals surface area contributed by atoms with Crippen molar-refractivity contribution in [1.29, 1.82) is 0 Å². The van der Waals surface area contributed by atoms with Crippen LogP contribution in [-0.4, -0.2) is 30.5 Å². The van der Waals surface area contributed by atoms with Gasteiger partial charge < -0.3 is 4.74 Å². The number of Topliss-reactive ketones (excluding diaryl/α,β-unsaturated/α-hetero) is 1. The number of hydrogen-bond donors (Lipinski definition) is 0. The number of carbonyl (C=O) groups excluding carboxylic acids is 1. The van der Waals surface area contributed by atoms with Crippen molar-refractivity contribution in [3.63, 3.8) is 0 Å². The standard InChI is InChI=1S/C10H18O2S/c1-3-12-10-5-8(6-10)4-9(11)7-13-2/h8,10H,3-7H2,1-2H3. The minimum absolute atomic E-state index is 0.396. The third-order valence-electron chi connectivity index (χ3n) is 2.42. The van der Waals surface area contributed by atoms with Gasteiger partial charge in [0.25, 0.3) is 0 Å². The van der Waals surface area contributed by atoms with Crippen molar-refractivity contribution in [1.82, 2.24) is 0 Å². The minimum Gasteiger partial charge on any atom is -0.378 e. The first-order chi connectivity index (χ1) is 6.26. The first-order valence-corrected chi connectivity index (χ1v) is 6.27. The van der Waals surface area contributed by atoms with Crippen LogP contribution in [0.25, 0.3) is 0 Å². The lowest BCUT2D eigenvalue weighted by Gasteiger charge is -2.34. The van der Waals surface area contributed by atoms with Crippen molar-refractivity contribution in [2.24, 2.45) is 5.92 Å². The Morgan fingerprint density at radius 3 is 2.77 bits per heavy atom. The fourth-order valence-electron chi connectivity index (χ4n) is 1.75. The van der Waals surface area contributed by atoms with Crippen LogP contribution in [0.15, 0.2) is 0 Å². The zero-order valence-corrected chi connectivity index (χ0v) is 9.23. The summed E-state index contributed by atoms with van der Waals surface area (Å²) >= 11 is 1.62. The average Bonchev–Trinajstić information content (AvgIpc) is 2.01. The maximum absolute atomic E-state index is 11.2. The van der Waals surface area contributed by atoms with Crippen molar-refractivity contribution < 1.29 is 9.53 Å². The molecule has 0 heterocycles. The second-order valence-corrected chi connectivity index (χ2v) is 4.46. The van der Waals surface area contributed by atoms with Crippen molar-refractivity contribution in [2.45, 2.75) is 32.3 Å². The molecule has 1 saturated carbocycles. The van der Waals surface area contributed by atoms with E-state index in [1.165, 1.54) is 0 Å². The summed E-state index contributed by atoms with van der Waals surface area (Å²) in [4.78, 5) is 11.2. The van der Waals surface area contributed by atoms with Gasteiger partial charge in [0.1, 0.15) is 5.78 Å². The van der Waals surface area contributed by atoms with Crippen LogP contribution in [0.3, 0.4) is 0 Å². The van der Waals surface area contributed by atoms with E-state index in [1.807, 2.05) is 13.2 Å². The first-order valence-electron chi connectivity index (χ1n) is 4.88. The second kappa shape index (κ2) is 5.66. The van der Waals surface area contributed by atoms with Crippen LogP contribution in [0.4, 0.5) is 0 Å². The van der Waals surface area contributed by atoms with Crippen LogP contribution in [0.1, 0.15) is 26.2 Å². The monoisotopic (exact) mass is 202 g/mol. The molecule has 1 fully saturated rings. The summed E-state index contributed by atoms with van der Waals surface area (Å²) in [5, 5.41) is 0. The van der Waals surface area contributed by atoms with Crippen LogP contribution in [-0.2, 0) is 9.53 Å². The van der Waals surface area contributed by atoms with Crippen LogP contribution in [0.2, 0.25) is 0 Å². The lowest BCUT2D eigenvalue weighted by atomic mass is 9.79. The van der Waals surface area contributed by atoms with E-state index in [0.717, 1.165) is 25.9 Å². The topological polar surface area (TPSA) is 26.3 Å². The maximum Gasteiger partial charge on any atom is 0.143 e. The Morgan fingerprint density at radius 2 is 2.23 bits per heavy atom. The molecule has 0 aromatic carbocycles. The second-order valence-electron chi connectivity index (χ2n) is 3.59. The van der Waals surface area contributed by atoms with Gasteiger partial charge in [-0.1, -0.05) is 0 Å². The zero-order chi connectivity index (χ0) is 9.68. The number of ether oxygens (including phenoxy) is 1. The molecule has 13 heavy (non-hydrogen) atoms. The Labute approximate surface area is 84.4 Å². The van der Waals surface area contributed by atoms with Gasteiger partial charge in [0.05, 0.1) is 11.9 Å². The molecule has 0 saturated heterocycles. The Kier molecular flexibility index (Phi) is 4.81. The highest BCUT2D eigenvalue weighted by Gasteiger charge is 2.30. The largest absolute Gasteiger partial charge is 0.378 e. The zero-order valence-electron chi connectivity index (χ0n) is 8.41. The van der Waals surface area contributed by atoms with Crippen LogP contribution >= 0.6 is 11.8 Å². The van der Waals surface area contributed by atoms with E-state index in [9.17, 15) is 4.79 Å². The number of thioether (sulfide) groups is 1. The molecule has 0 spiro atoms. The molecule has 0 bridgehead atoms. The van der Waals surface area contributed by atoms with Crippen molar-refractivity contribution in [2.75, 3.05) is 18.6 Å². The molecule has 2 nitrogen and oxygen atoms in total. The van der Waals surface area contributed by atoms with E-state index in [-0.39, 0.29) is 0 Å². The van der Waals surface area contributed by atoms with Gasteiger partial charge in [0.15, 0.2) is 0 Å². The molecular weight excluding hydrogens is 184 g/mol. The Morgan fingerprint density at radius 1 is 1.54 bits per heavy atom. The summed E-state index contributed by atoms with van der Waals surface area (Å²) in [7, 11) is 0. The van der Waals surface area contributed by atoms with Gasteiger partial charge >= 0.3 is 0 Å². The van der Waals surface area contributed by atoms with E-state index in [2.05, 4.69) is 0 Å². The Hall–Kier alpha value is -0.0200. The van der Waals surface area contributed by atoms with Crippen LogP contribution < -0.4 is 0 Å². The third-order valence-corrected chi connectivity index (χ3v) is 3.03. The van der Waals surface area contributed by atoms with E-state index >= 15 is 0 Å². The summed E-state index contributed by atoms with van der Waals surface area (Å²) in [6, 6.07) is 0. The highest BCUT2D eigenvalue weighted by Crippen LogP contribution is 2.32. The molecule has 0 amide bonds. The molecule has 1 rings (SSSR count). The summed E-state index contributed by atoms with van der Waals surface area (Å²) < 4.78 is 5.43. The van der Waals surface area contributed by atoms with E-state index < -0.39 is 0 Å². The van der Waals surface area contributed by atoms with Crippen molar-refractivity contribution >= 4 is 17.5 Å². The highest BCUT2D eigenvalue weighted by atomic mass is 32.2. The third kappa shape index (κ3) is 3.69. The van der Waals surface area contributed by atoms with Crippen LogP contribution in [0.5, 0.6) is 0 Å². The Bertz CT molecular complexity index is 164. The molecule has 0 radical (unpaired) electrons. The molecule has 1 aliphatic carbocycles. The fraction of sp³-hybridized carbons (Fsp3) is 0.900. The molecule has 0 atom stereocenters. The van der Waals surface area contributed by atoms with E-state index in [1.54, 1.807) is 11.8 Å². The first kappa shape index (κ1) is 11.1. The normalized spacial score (nSPS) is 26.9. The molecule has 1 aliphatic rings. The average molecular weight is 202 g/mol. The van der Waals surface area contributed by atoms with Gasteiger partial charge in [-0.3, -0.25) is 4.79 Å². The summed E-state index contributed by atoms with van der Waals surface area (Å²) in [6.07, 6.45) is 5.37. The quantitative estimate of drug-likeness (QED) is 0.660. The maximum atomic E-state index is 11.2. The number of carbonyl (C=O) groups is 1. The van der Waals surface area contributed by atoms with Crippen molar-refractivity contribution in [3.05, 3.63) is 0 Å². The molecule has 3 heteroatoms. The summed E-state index contributed by atoms with van der Waals surface area (Å²) in [5.41, 5.74) is 0. The molecule has 0 N–H and O–H groups in total. The molecule has 0 aromatic rings. The fourth-order valence-corrected chi connectivity index (χ4v) is 2.19. The molecule has 76 valence electrons. The lowest BCUT2D eigenvalue weighted by Crippen LogP contribution is -2.33. The summed E-state index contributed by atoms with van der Waals surface area (Å²) in [5.74, 6) is 1.68. The predicted octanol–water partition coefficient (Wildman–Crippen LogP) is 2.12. The van der Waals surface area contributed by atoms with Gasteiger partial charge in [0, 0.05) is 13.0 Å². The van der Waals surface area contributed by atoms with Crippen molar-refractivity contribution in [3.8, 4) is 0 Å². The number of hydrogen-bond acceptors (Lipinski definition) is 3. The lowest BCUT2D eigenvalue weighted by molar-refractivity contribution is -0.119. The summed E-state index contributed by atoms with van der Waals surface area (Å²) in [6.45, 7) is 2.82. The number of ketones is 1. The predicted molar refractivity (Wildman–Crippen MR) is 56.1 cm³/mol. The van der Waals surface area contributed by atoms with Gasteiger partial charge in [-0.15, -0.1) is 0 Å². The van der Waals surface area contributed by atoms with Gasteiger partial charge in [-0.25, -0.2) is 0 Å². The van der Waals surface area contributed by atoms with E-state index in [4.69, 9.17) is 4.74 Å².